The standard InChI is InChI=1S/C38H29NO6/c1-37(2,3)16-13-25(32(39)26(14-16)38(4,5)6)24-15-23-19-9-11-21-29-20(33(40)44-34(21)41)10-7-17(27(19)29)18-8-12-22-30(28(18)23)31(24)36(43)45-35(22)42/h7-15H,39H2,1-6H3. The van der Waals surface area contributed by atoms with Gasteiger partial charge in [-0.2, -0.15) is 0 Å². The first-order chi connectivity index (χ1) is 21.2. The quantitative estimate of drug-likeness (QED) is 0.0670. The lowest BCUT2D eigenvalue weighted by Gasteiger charge is -2.29. The Morgan fingerprint density at radius 2 is 0.978 bits per heavy atom. The normalized spacial score (nSPS) is 15.1. The number of nitrogen functional groups attached to an aromatic ring is 1. The van der Waals surface area contributed by atoms with Gasteiger partial charge >= 0.3 is 23.9 Å². The zero-order valence-electron chi connectivity index (χ0n) is 25.7. The van der Waals surface area contributed by atoms with Crippen molar-refractivity contribution in [1.29, 1.82) is 0 Å². The molecule has 2 heterocycles. The van der Waals surface area contributed by atoms with Crippen LogP contribution in [0.25, 0.3) is 54.2 Å². The van der Waals surface area contributed by atoms with Crippen molar-refractivity contribution in [2.75, 3.05) is 5.73 Å². The molecular formula is C38H29NO6. The van der Waals surface area contributed by atoms with Crippen molar-refractivity contribution in [1.82, 2.24) is 0 Å². The number of carbonyl (C=O) groups excluding carboxylic acids is 4. The zero-order valence-corrected chi connectivity index (χ0v) is 25.7. The summed E-state index contributed by atoms with van der Waals surface area (Å²) < 4.78 is 10.4. The lowest BCUT2D eigenvalue weighted by molar-refractivity contribution is 0.0373. The maximum absolute atomic E-state index is 13.8. The monoisotopic (exact) mass is 595 g/mol. The molecule has 2 N–H and O–H groups in total. The maximum atomic E-state index is 13.8. The van der Waals surface area contributed by atoms with Gasteiger partial charge in [-0.1, -0.05) is 65.8 Å². The molecule has 6 aromatic carbocycles. The van der Waals surface area contributed by atoms with Gasteiger partial charge in [0.05, 0.1) is 22.3 Å². The lowest BCUT2D eigenvalue weighted by Crippen LogP contribution is -2.22. The summed E-state index contributed by atoms with van der Waals surface area (Å²) >= 11 is 0. The van der Waals surface area contributed by atoms with Crippen LogP contribution in [-0.2, 0) is 20.3 Å². The van der Waals surface area contributed by atoms with Crippen molar-refractivity contribution in [2.45, 2.75) is 52.4 Å². The van der Waals surface area contributed by atoms with Crippen molar-refractivity contribution in [2.24, 2.45) is 0 Å². The van der Waals surface area contributed by atoms with E-state index < -0.39 is 23.9 Å². The molecule has 0 atom stereocenters. The van der Waals surface area contributed by atoms with E-state index in [1.165, 1.54) is 0 Å². The van der Waals surface area contributed by atoms with E-state index in [1.54, 1.807) is 18.2 Å². The topological polar surface area (TPSA) is 113 Å². The van der Waals surface area contributed by atoms with Crippen LogP contribution in [0.2, 0.25) is 0 Å². The molecule has 0 saturated carbocycles. The third-order valence-electron chi connectivity index (χ3n) is 9.40. The fourth-order valence-corrected chi connectivity index (χ4v) is 7.20. The predicted octanol–water partition coefficient (Wildman–Crippen LogP) is 8.20. The number of carbonyl (C=O) groups is 4. The van der Waals surface area contributed by atoms with E-state index in [0.29, 0.717) is 44.3 Å². The maximum Gasteiger partial charge on any atom is 0.347 e. The fourth-order valence-electron chi connectivity index (χ4n) is 7.20. The van der Waals surface area contributed by atoms with E-state index in [-0.39, 0.29) is 16.4 Å². The van der Waals surface area contributed by atoms with Crippen LogP contribution >= 0.6 is 0 Å². The van der Waals surface area contributed by atoms with E-state index >= 15 is 0 Å². The Balaban J connectivity index is 1.63. The Morgan fingerprint density at radius 3 is 1.51 bits per heavy atom. The molecule has 2 aliphatic rings. The minimum Gasteiger partial charge on any atom is -0.398 e. The average Bonchev–Trinajstić information content (AvgIpc) is 2.96. The second kappa shape index (κ2) is 8.45. The van der Waals surface area contributed by atoms with Gasteiger partial charge in [0.25, 0.3) is 0 Å². The number of rotatable bonds is 1. The van der Waals surface area contributed by atoms with Crippen molar-refractivity contribution in [3.63, 3.8) is 0 Å². The number of cyclic esters (lactones) is 4. The van der Waals surface area contributed by atoms with Gasteiger partial charge in [0.2, 0.25) is 0 Å². The van der Waals surface area contributed by atoms with Crippen LogP contribution in [0.3, 0.4) is 0 Å². The second-order valence-electron chi connectivity index (χ2n) is 14.2. The van der Waals surface area contributed by atoms with E-state index in [1.807, 2.05) is 30.3 Å². The van der Waals surface area contributed by atoms with Crippen LogP contribution in [0.1, 0.15) is 94.1 Å². The fraction of sp³-hybridized carbons (Fsp3) is 0.211. The average molecular weight is 596 g/mol. The van der Waals surface area contributed by atoms with Crippen LogP contribution < -0.4 is 5.73 Å². The molecule has 0 aromatic heterocycles. The molecule has 0 fully saturated rings. The summed E-state index contributed by atoms with van der Waals surface area (Å²) in [6, 6.07) is 16.6. The predicted molar refractivity (Wildman–Crippen MR) is 174 cm³/mol. The summed E-state index contributed by atoms with van der Waals surface area (Å²) in [6.45, 7) is 12.7. The highest BCUT2D eigenvalue weighted by molar-refractivity contribution is 6.40. The largest absolute Gasteiger partial charge is 0.398 e. The van der Waals surface area contributed by atoms with Gasteiger partial charge in [-0.05, 0) is 90.2 Å². The molecule has 45 heavy (non-hydrogen) atoms. The molecule has 0 radical (unpaired) electrons. The lowest BCUT2D eigenvalue weighted by atomic mass is 9.76. The summed E-state index contributed by atoms with van der Waals surface area (Å²) in [4.78, 5) is 52.6. The molecule has 0 bridgehead atoms. The minimum absolute atomic E-state index is 0.230. The van der Waals surface area contributed by atoms with Gasteiger partial charge in [0, 0.05) is 22.0 Å². The van der Waals surface area contributed by atoms with Crippen LogP contribution in [0.4, 0.5) is 5.69 Å². The number of nitrogens with two attached hydrogens (primary N) is 1. The third kappa shape index (κ3) is 3.52. The molecule has 0 spiro atoms. The van der Waals surface area contributed by atoms with E-state index in [9.17, 15) is 19.2 Å². The summed E-state index contributed by atoms with van der Waals surface area (Å²) in [6.07, 6.45) is 0. The minimum atomic E-state index is -0.728. The summed E-state index contributed by atoms with van der Waals surface area (Å²) in [7, 11) is 0. The third-order valence-corrected chi connectivity index (χ3v) is 9.40. The molecular weight excluding hydrogens is 566 g/mol. The summed E-state index contributed by atoms with van der Waals surface area (Å²) in [5.74, 6) is -2.82. The molecule has 0 saturated heterocycles. The SMILES string of the molecule is CC(C)(C)c1cc(-c2cc3c4ccc5c6c(ccc(c7ccc8c(c2C(=O)OC8=O)c73)c64)C(=O)OC5=O)c(N)c(C(C)(C)C)c1. The summed E-state index contributed by atoms with van der Waals surface area (Å²) in [5, 5.41) is 5.64. The Bertz CT molecular complexity index is 2400. The first-order valence-electron chi connectivity index (χ1n) is 14.9. The number of hydrogen-bond acceptors (Lipinski definition) is 7. The van der Waals surface area contributed by atoms with E-state index in [0.717, 1.165) is 43.4 Å². The highest BCUT2D eigenvalue weighted by Gasteiger charge is 2.36. The van der Waals surface area contributed by atoms with Gasteiger partial charge in [0.15, 0.2) is 0 Å². The van der Waals surface area contributed by atoms with Crippen LogP contribution in [0.5, 0.6) is 0 Å². The Hall–Kier alpha value is -5.30. The highest BCUT2D eigenvalue weighted by atomic mass is 16.6. The number of ether oxygens (including phenoxy) is 2. The number of anilines is 1. The van der Waals surface area contributed by atoms with Gasteiger partial charge in [-0.15, -0.1) is 0 Å². The molecule has 7 heteroatoms. The molecule has 222 valence electrons. The van der Waals surface area contributed by atoms with E-state index in [2.05, 4.69) is 47.6 Å². The molecule has 2 aliphatic heterocycles. The van der Waals surface area contributed by atoms with Gasteiger partial charge in [0.1, 0.15) is 0 Å². The second-order valence-corrected chi connectivity index (χ2v) is 14.2. The molecule has 6 aromatic rings. The Labute approximate surface area is 258 Å². The first kappa shape index (κ1) is 27.3. The number of fused-ring (bicyclic) bond motifs is 2. The highest BCUT2D eigenvalue weighted by Crippen LogP contribution is 2.50. The smallest absolute Gasteiger partial charge is 0.347 e. The van der Waals surface area contributed by atoms with Gasteiger partial charge in [-0.3, -0.25) is 0 Å². The van der Waals surface area contributed by atoms with Crippen LogP contribution in [0, 0.1) is 0 Å². The number of benzene rings is 6. The summed E-state index contributed by atoms with van der Waals surface area (Å²) in [5.41, 5.74) is 11.4. The van der Waals surface area contributed by atoms with Crippen molar-refractivity contribution >= 4 is 72.7 Å². The zero-order chi connectivity index (χ0) is 31.9. The molecule has 0 amide bonds. The van der Waals surface area contributed by atoms with Crippen LogP contribution in [0.15, 0.2) is 54.6 Å². The molecule has 8 rings (SSSR count). The molecule has 7 nitrogen and oxygen atoms in total. The van der Waals surface area contributed by atoms with Crippen molar-refractivity contribution in [3.05, 3.63) is 88.0 Å². The van der Waals surface area contributed by atoms with Gasteiger partial charge in [-0.25, -0.2) is 19.2 Å². The Morgan fingerprint density at radius 1 is 0.489 bits per heavy atom. The van der Waals surface area contributed by atoms with E-state index in [4.69, 9.17) is 15.2 Å². The molecule has 0 aliphatic carbocycles. The Kier molecular flexibility index (Phi) is 5.12. The van der Waals surface area contributed by atoms with Crippen molar-refractivity contribution in [3.8, 4) is 11.1 Å². The first-order valence-corrected chi connectivity index (χ1v) is 14.9. The number of esters is 4. The molecule has 0 unspecified atom stereocenters. The van der Waals surface area contributed by atoms with Crippen molar-refractivity contribution < 1.29 is 28.7 Å². The van der Waals surface area contributed by atoms with Gasteiger partial charge < -0.3 is 15.2 Å². The van der Waals surface area contributed by atoms with Crippen LogP contribution in [-0.4, -0.2) is 23.9 Å². The number of hydrogen-bond donors (Lipinski definition) is 1.